The third kappa shape index (κ3) is 5.35. The number of nitrogens with two attached hydrogens (primary N) is 1. The van der Waals surface area contributed by atoms with Crippen LogP contribution < -0.4 is 15.4 Å². The van der Waals surface area contributed by atoms with Crippen LogP contribution in [0.15, 0.2) is 47.8 Å². The fourth-order valence-corrected chi connectivity index (χ4v) is 5.67. The molecule has 1 aliphatic rings. The molecule has 0 aliphatic carbocycles. The summed E-state index contributed by atoms with van der Waals surface area (Å²) in [6.07, 6.45) is 4.60. The van der Waals surface area contributed by atoms with Gasteiger partial charge in [0.05, 0.1) is 17.5 Å². The van der Waals surface area contributed by atoms with Gasteiger partial charge in [0.1, 0.15) is 11.6 Å². The molecule has 36 heavy (non-hydrogen) atoms. The molecule has 1 amide bonds. The van der Waals surface area contributed by atoms with Gasteiger partial charge in [0.15, 0.2) is 5.03 Å². The number of carbonyl (C=O) groups is 1. The number of anilines is 2. The Balaban J connectivity index is 0.00000380. The first-order valence-corrected chi connectivity index (χ1v) is 13.5. The molecule has 0 radical (unpaired) electrons. The zero-order chi connectivity index (χ0) is 26.3. The van der Waals surface area contributed by atoms with Crippen molar-refractivity contribution in [3.8, 4) is 11.3 Å². The lowest BCUT2D eigenvalue weighted by atomic mass is 9.97. The van der Waals surface area contributed by atoms with E-state index in [0.717, 1.165) is 18.5 Å². The van der Waals surface area contributed by atoms with E-state index in [1.54, 1.807) is 18.3 Å². The second kappa shape index (κ2) is 9.53. The van der Waals surface area contributed by atoms with Crippen LogP contribution in [0.4, 0.5) is 11.6 Å². The summed E-state index contributed by atoms with van der Waals surface area (Å²) in [6, 6.07) is 7.56. The molecule has 1 atom stereocenters. The van der Waals surface area contributed by atoms with Gasteiger partial charge in [-0.2, -0.15) is 13.5 Å². The predicted molar refractivity (Wildman–Crippen MR) is 141 cm³/mol. The van der Waals surface area contributed by atoms with E-state index in [2.05, 4.69) is 54.3 Å². The minimum atomic E-state index is -4.23. The van der Waals surface area contributed by atoms with Crippen LogP contribution in [0, 0.1) is 11.8 Å². The van der Waals surface area contributed by atoms with Gasteiger partial charge in [-0.25, -0.2) is 14.7 Å². The standard InChI is InChI=1S/C25H33N7O3S.H2/c1-16(2)13-31-15-18(12-27-31)20-10-9-19(23(28-20)32-14-17(3)11-25(32,4)5)24(33)30-36(34,35)22-8-6-7-21(26)29-22;/h6-10,12,15-17H,11,13-14H2,1-5H3,(H2,26,29)(H,30,33);1H. The van der Waals surface area contributed by atoms with Crippen molar-refractivity contribution in [3.63, 3.8) is 0 Å². The summed E-state index contributed by atoms with van der Waals surface area (Å²) in [5.74, 6) is 0.527. The smallest absolute Gasteiger partial charge is 0.281 e. The number of hydrogen-bond acceptors (Lipinski definition) is 8. The van der Waals surface area contributed by atoms with Gasteiger partial charge in [-0.05, 0) is 56.4 Å². The fraction of sp³-hybridized carbons (Fsp3) is 0.440. The Morgan fingerprint density at radius 3 is 2.64 bits per heavy atom. The van der Waals surface area contributed by atoms with Gasteiger partial charge in [0.2, 0.25) is 0 Å². The van der Waals surface area contributed by atoms with Gasteiger partial charge in [-0.15, -0.1) is 0 Å². The number of hydrogen-bond donors (Lipinski definition) is 2. The molecule has 10 nitrogen and oxygen atoms in total. The second-order valence-electron chi connectivity index (χ2n) is 10.5. The van der Waals surface area contributed by atoms with E-state index in [0.29, 0.717) is 29.9 Å². The Bertz CT molecular complexity index is 1390. The van der Waals surface area contributed by atoms with Crippen molar-refractivity contribution in [3.05, 3.63) is 48.3 Å². The number of rotatable bonds is 7. The summed E-state index contributed by atoms with van der Waals surface area (Å²) >= 11 is 0. The molecule has 3 aromatic rings. The number of sulfonamides is 1. The molecule has 3 N–H and O–H groups in total. The van der Waals surface area contributed by atoms with Crippen molar-refractivity contribution in [2.24, 2.45) is 11.8 Å². The van der Waals surface area contributed by atoms with Crippen molar-refractivity contribution in [1.29, 1.82) is 0 Å². The summed E-state index contributed by atoms with van der Waals surface area (Å²) in [7, 11) is -4.23. The van der Waals surface area contributed by atoms with Gasteiger partial charge >= 0.3 is 0 Å². The van der Waals surface area contributed by atoms with Crippen LogP contribution in [0.25, 0.3) is 11.3 Å². The Labute approximate surface area is 213 Å². The SMILES string of the molecule is CC(C)Cn1cc(-c2ccc(C(=O)NS(=O)(=O)c3cccc(N)n3)c(N3CC(C)CC3(C)C)n2)cn1.[HH]. The Hall–Kier alpha value is -3.47. The average Bonchev–Trinajstić information content (AvgIpc) is 3.35. The second-order valence-corrected chi connectivity index (χ2v) is 12.1. The van der Waals surface area contributed by atoms with E-state index in [-0.39, 0.29) is 23.4 Å². The number of nitrogens with zero attached hydrogens (tertiary/aromatic N) is 5. The monoisotopic (exact) mass is 513 g/mol. The van der Waals surface area contributed by atoms with Gasteiger partial charge in [0.25, 0.3) is 15.9 Å². The maximum atomic E-state index is 13.3. The topological polar surface area (TPSA) is 136 Å². The van der Waals surface area contributed by atoms with Gasteiger partial charge in [-0.3, -0.25) is 9.48 Å². The fourth-order valence-electron chi connectivity index (χ4n) is 4.73. The normalized spacial score (nSPS) is 17.5. The zero-order valence-electron chi connectivity index (χ0n) is 21.3. The first kappa shape index (κ1) is 25.6. The highest BCUT2D eigenvalue weighted by molar-refractivity contribution is 7.90. The highest BCUT2D eigenvalue weighted by Gasteiger charge is 2.39. The quantitative estimate of drug-likeness (QED) is 0.489. The molecule has 0 bridgehead atoms. The molecule has 4 rings (SSSR count). The minimum Gasteiger partial charge on any atom is -0.384 e. The van der Waals surface area contributed by atoms with Crippen molar-refractivity contribution < 1.29 is 14.6 Å². The predicted octanol–water partition coefficient (Wildman–Crippen LogP) is 3.57. The molecule has 0 spiro atoms. The molecule has 0 saturated carbocycles. The molecule has 1 saturated heterocycles. The highest BCUT2D eigenvalue weighted by Crippen LogP contribution is 2.38. The Morgan fingerprint density at radius 1 is 1.25 bits per heavy atom. The number of nitrogens with one attached hydrogen (secondary N) is 1. The minimum absolute atomic E-state index is 0. The van der Waals surface area contributed by atoms with E-state index in [1.807, 2.05) is 10.9 Å². The number of nitrogen functional groups attached to an aromatic ring is 1. The van der Waals surface area contributed by atoms with Crippen LogP contribution in [0.2, 0.25) is 0 Å². The van der Waals surface area contributed by atoms with E-state index in [4.69, 9.17) is 10.7 Å². The van der Waals surface area contributed by atoms with E-state index < -0.39 is 15.9 Å². The molecule has 3 aromatic heterocycles. The summed E-state index contributed by atoms with van der Waals surface area (Å²) in [5.41, 5.74) is 7.02. The van der Waals surface area contributed by atoms with Crippen LogP contribution in [0.1, 0.15) is 52.8 Å². The average molecular weight is 514 g/mol. The largest absolute Gasteiger partial charge is 0.384 e. The van der Waals surface area contributed by atoms with Gasteiger partial charge < -0.3 is 10.6 Å². The molecule has 4 heterocycles. The van der Waals surface area contributed by atoms with Crippen molar-refractivity contribution in [2.45, 2.75) is 58.1 Å². The third-order valence-electron chi connectivity index (χ3n) is 6.18. The molecule has 1 unspecified atom stereocenters. The molecule has 1 fully saturated rings. The van der Waals surface area contributed by atoms with E-state index in [1.165, 1.54) is 18.2 Å². The third-order valence-corrected chi connectivity index (χ3v) is 7.41. The number of pyridine rings is 2. The first-order valence-electron chi connectivity index (χ1n) is 12.0. The summed E-state index contributed by atoms with van der Waals surface area (Å²) in [5, 5.41) is 4.11. The van der Waals surface area contributed by atoms with E-state index >= 15 is 0 Å². The summed E-state index contributed by atoms with van der Waals surface area (Å²) in [4.78, 5) is 24.1. The summed E-state index contributed by atoms with van der Waals surface area (Å²) in [6.45, 7) is 12.1. The lowest BCUT2D eigenvalue weighted by molar-refractivity contribution is 0.0981. The molecule has 0 aromatic carbocycles. The number of aromatic nitrogens is 4. The zero-order valence-corrected chi connectivity index (χ0v) is 22.1. The lowest BCUT2D eigenvalue weighted by Gasteiger charge is -2.34. The van der Waals surface area contributed by atoms with E-state index in [9.17, 15) is 13.2 Å². The Kier molecular flexibility index (Phi) is 6.78. The highest BCUT2D eigenvalue weighted by atomic mass is 32.2. The van der Waals surface area contributed by atoms with Crippen LogP contribution in [-0.4, -0.2) is 46.2 Å². The van der Waals surface area contributed by atoms with Gasteiger partial charge in [0, 0.05) is 31.8 Å². The molecular formula is C25H35N7O3S. The van der Waals surface area contributed by atoms with Crippen molar-refractivity contribution >= 4 is 27.6 Å². The van der Waals surface area contributed by atoms with Crippen LogP contribution in [0.3, 0.4) is 0 Å². The van der Waals surface area contributed by atoms with Crippen LogP contribution in [-0.2, 0) is 16.6 Å². The maximum Gasteiger partial charge on any atom is 0.281 e. The first-order chi connectivity index (χ1) is 16.9. The van der Waals surface area contributed by atoms with Crippen molar-refractivity contribution in [1.82, 2.24) is 24.5 Å². The van der Waals surface area contributed by atoms with Gasteiger partial charge in [-0.1, -0.05) is 26.8 Å². The molecule has 1 aliphatic heterocycles. The Morgan fingerprint density at radius 2 is 2.00 bits per heavy atom. The molecule has 11 heteroatoms. The molecule has 194 valence electrons. The van der Waals surface area contributed by atoms with Crippen molar-refractivity contribution in [2.75, 3.05) is 17.2 Å². The maximum absolute atomic E-state index is 13.3. The van der Waals surface area contributed by atoms with Crippen LogP contribution >= 0.6 is 0 Å². The van der Waals surface area contributed by atoms with Crippen LogP contribution in [0.5, 0.6) is 0 Å². The number of amides is 1. The lowest BCUT2D eigenvalue weighted by Crippen LogP contribution is -2.41. The molecular weight excluding hydrogens is 478 g/mol. The number of carbonyl (C=O) groups excluding carboxylic acids is 1. The summed E-state index contributed by atoms with van der Waals surface area (Å²) < 4.78 is 29.7.